The van der Waals surface area contributed by atoms with Crippen molar-refractivity contribution in [2.75, 3.05) is 13.2 Å². The maximum atomic E-state index is 13.3. The van der Waals surface area contributed by atoms with Crippen LogP contribution < -0.4 is 10.1 Å². The molecule has 1 amide bonds. The second-order valence-corrected chi connectivity index (χ2v) is 7.93. The van der Waals surface area contributed by atoms with Gasteiger partial charge in [-0.2, -0.15) is 4.52 Å². The Morgan fingerprint density at radius 3 is 2.71 bits per heavy atom. The number of ether oxygens (including phenoxy) is 1. The molecule has 3 aromatic heterocycles. The molecule has 0 aliphatic carbocycles. The molecule has 35 heavy (non-hydrogen) atoms. The zero-order valence-corrected chi connectivity index (χ0v) is 19.2. The molecule has 0 saturated carbocycles. The fourth-order valence-corrected chi connectivity index (χ4v) is 3.74. The van der Waals surface area contributed by atoms with Crippen molar-refractivity contribution in [2.45, 2.75) is 6.92 Å². The highest BCUT2D eigenvalue weighted by Gasteiger charge is 2.22. The van der Waals surface area contributed by atoms with Crippen LogP contribution in [0, 0.1) is 12.7 Å². The monoisotopic (exact) mass is 492 g/mol. The highest BCUT2D eigenvalue weighted by atomic mass is 35.5. The Bertz CT molecular complexity index is 1520. The van der Waals surface area contributed by atoms with Gasteiger partial charge in [0.05, 0.1) is 11.6 Å². The third-order valence-electron chi connectivity index (χ3n) is 5.20. The SMILES string of the molecule is Cc1onc(-c2ccccc2Cl)c1C(=O)NCCOc1ccc2nnc(-c3ccc(F)cc3)n2n1. The minimum Gasteiger partial charge on any atom is -0.475 e. The number of aromatic nitrogens is 5. The molecule has 5 aromatic rings. The highest BCUT2D eigenvalue weighted by molar-refractivity contribution is 6.33. The van der Waals surface area contributed by atoms with Crippen LogP contribution in [0.4, 0.5) is 4.39 Å². The first-order valence-electron chi connectivity index (χ1n) is 10.6. The molecule has 1 N–H and O–H groups in total. The highest BCUT2D eigenvalue weighted by Crippen LogP contribution is 2.30. The molecule has 0 saturated heterocycles. The molecule has 11 heteroatoms. The molecule has 176 valence electrons. The van der Waals surface area contributed by atoms with Gasteiger partial charge in [0, 0.05) is 17.2 Å². The van der Waals surface area contributed by atoms with Gasteiger partial charge in [0.25, 0.3) is 5.91 Å². The van der Waals surface area contributed by atoms with E-state index in [1.165, 1.54) is 16.6 Å². The Hall–Kier alpha value is -4.31. The second kappa shape index (κ2) is 9.51. The summed E-state index contributed by atoms with van der Waals surface area (Å²) in [7, 11) is 0. The van der Waals surface area contributed by atoms with Gasteiger partial charge >= 0.3 is 0 Å². The fourth-order valence-electron chi connectivity index (χ4n) is 3.51. The molecule has 0 aliphatic rings. The van der Waals surface area contributed by atoms with E-state index in [0.717, 1.165) is 0 Å². The van der Waals surface area contributed by atoms with Gasteiger partial charge in [0.2, 0.25) is 5.88 Å². The molecular weight excluding hydrogens is 475 g/mol. The Morgan fingerprint density at radius 2 is 1.91 bits per heavy atom. The van der Waals surface area contributed by atoms with Crippen LogP contribution in [0.15, 0.2) is 65.2 Å². The van der Waals surface area contributed by atoms with Gasteiger partial charge in [-0.1, -0.05) is 35.0 Å². The normalized spacial score (nSPS) is 11.1. The Labute approximate surface area is 203 Å². The van der Waals surface area contributed by atoms with Crippen molar-refractivity contribution in [3.63, 3.8) is 0 Å². The smallest absolute Gasteiger partial charge is 0.257 e. The first kappa shape index (κ1) is 22.5. The van der Waals surface area contributed by atoms with Gasteiger partial charge in [0.15, 0.2) is 11.5 Å². The zero-order valence-electron chi connectivity index (χ0n) is 18.4. The lowest BCUT2D eigenvalue weighted by Crippen LogP contribution is -2.28. The van der Waals surface area contributed by atoms with E-state index >= 15 is 0 Å². The molecule has 2 aromatic carbocycles. The second-order valence-electron chi connectivity index (χ2n) is 7.52. The number of hydrogen-bond donors (Lipinski definition) is 1. The molecule has 5 rings (SSSR count). The van der Waals surface area contributed by atoms with Crippen LogP contribution in [0.25, 0.3) is 28.3 Å². The summed E-state index contributed by atoms with van der Waals surface area (Å²) in [6, 6.07) is 16.3. The standard InChI is InChI=1S/C24H18ClFN6O3/c1-14-21(22(31-35-14)17-4-2-3-5-18(17)25)24(33)27-12-13-34-20-11-10-19-28-29-23(32(19)30-20)15-6-8-16(26)9-7-15/h2-11H,12-13H2,1H3,(H,27,33). The van der Waals surface area contributed by atoms with Gasteiger partial charge in [-0.3, -0.25) is 4.79 Å². The number of carbonyl (C=O) groups excluding carboxylic acids is 1. The van der Waals surface area contributed by atoms with Crippen LogP contribution in [0.1, 0.15) is 16.1 Å². The summed E-state index contributed by atoms with van der Waals surface area (Å²) in [6.45, 7) is 2.03. The molecule has 0 spiro atoms. The topological polar surface area (TPSA) is 107 Å². The van der Waals surface area contributed by atoms with E-state index in [2.05, 4.69) is 25.8 Å². The number of hydrogen-bond acceptors (Lipinski definition) is 7. The van der Waals surface area contributed by atoms with Gasteiger partial charge in [-0.25, -0.2) is 4.39 Å². The molecule has 9 nitrogen and oxygen atoms in total. The number of carbonyl (C=O) groups is 1. The third kappa shape index (κ3) is 4.56. The lowest BCUT2D eigenvalue weighted by molar-refractivity contribution is 0.0945. The summed E-state index contributed by atoms with van der Waals surface area (Å²) in [5, 5.41) is 19.9. The van der Waals surface area contributed by atoms with Crippen molar-refractivity contribution in [2.24, 2.45) is 0 Å². The Balaban J connectivity index is 1.25. The molecule has 0 atom stereocenters. The van der Waals surface area contributed by atoms with Crippen molar-refractivity contribution in [1.29, 1.82) is 0 Å². The number of aryl methyl sites for hydroxylation is 1. The molecular formula is C24H18ClFN6O3. The Morgan fingerprint density at radius 1 is 1.11 bits per heavy atom. The Kier molecular flexibility index (Phi) is 6.11. The summed E-state index contributed by atoms with van der Waals surface area (Å²) in [5.41, 5.74) is 2.47. The third-order valence-corrected chi connectivity index (χ3v) is 5.53. The van der Waals surface area contributed by atoms with E-state index in [1.54, 1.807) is 49.4 Å². The maximum Gasteiger partial charge on any atom is 0.257 e. The summed E-state index contributed by atoms with van der Waals surface area (Å²) in [6.07, 6.45) is 0. The number of nitrogens with one attached hydrogen (secondary N) is 1. The predicted molar refractivity (Wildman–Crippen MR) is 126 cm³/mol. The lowest BCUT2D eigenvalue weighted by atomic mass is 10.1. The van der Waals surface area contributed by atoms with E-state index in [4.69, 9.17) is 20.9 Å². The summed E-state index contributed by atoms with van der Waals surface area (Å²) >= 11 is 6.26. The van der Waals surface area contributed by atoms with Crippen molar-refractivity contribution in [3.05, 3.63) is 82.8 Å². The van der Waals surface area contributed by atoms with Gasteiger partial charge < -0.3 is 14.6 Å². The largest absolute Gasteiger partial charge is 0.475 e. The molecule has 0 bridgehead atoms. The van der Waals surface area contributed by atoms with Crippen LogP contribution in [0.5, 0.6) is 5.88 Å². The van der Waals surface area contributed by atoms with Crippen LogP contribution in [-0.4, -0.2) is 44.0 Å². The van der Waals surface area contributed by atoms with Crippen LogP contribution in [0.3, 0.4) is 0 Å². The van der Waals surface area contributed by atoms with Gasteiger partial charge in [-0.05, 0) is 43.3 Å². The average Bonchev–Trinajstić information content (AvgIpc) is 3.46. The van der Waals surface area contributed by atoms with E-state index in [1.807, 2.05) is 6.07 Å². The maximum absolute atomic E-state index is 13.3. The van der Waals surface area contributed by atoms with Crippen molar-refractivity contribution < 1.29 is 18.4 Å². The van der Waals surface area contributed by atoms with E-state index in [0.29, 0.717) is 50.5 Å². The van der Waals surface area contributed by atoms with Gasteiger partial charge in [-0.15, -0.1) is 15.3 Å². The first-order valence-corrected chi connectivity index (χ1v) is 11.0. The quantitative estimate of drug-likeness (QED) is 0.336. The summed E-state index contributed by atoms with van der Waals surface area (Å²) in [5.74, 6) is 0.443. The molecule has 0 fully saturated rings. The van der Waals surface area contributed by atoms with Crippen molar-refractivity contribution in [3.8, 4) is 28.5 Å². The summed E-state index contributed by atoms with van der Waals surface area (Å²) in [4.78, 5) is 12.8. The van der Waals surface area contributed by atoms with Crippen LogP contribution in [0.2, 0.25) is 5.02 Å². The molecule has 0 aliphatic heterocycles. The van der Waals surface area contributed by atoms with Gasteiger partial charge in [0.1, 0.15) is 29.4 Å². The van der Waals surface area contributed by atoms with E-state index in [-0.39, 0.29) is 24.9 Å². The zero-order chi connectivity index (χ0) is 24.4. The number of fused-ring (bicyclic) bond motifs is 1. The number of rotatable bonds is 7. The number of nitrogens with zero attached hydrogens (tertiary/aromatic N) is 5. The number of benzene rings is 2. The molecule has 0 unspecified atom stereocenters. The number of amides is 1. The van der Waals surface area contributed by atoms with E-state index < -0.39 is 0 Å². The lowest BCUT2D eigenvalue weighted by Gasteiger charge is -2.08. The predicted octanol–water partition coefficient (Wildman–Crippen LogP) is 4.36. The number of halogens is 2. The molecule has 3 heterocycles. The summed E-state index contributed by atoms with van der Waals surface area (Å²) < 4.78 is 25.7. The van der Waals surface area contributed by atoms with Crippen LogP contribution in [-0.2, 0) is 0 Å². The fraction of sp³-hybridized carbons (Fsp3) is 0.125. The minimum atomic E-state index is -0.358. The van der Waals surface area contributed by atoms with Crippen LogP contribution >= 0.6 is 11.6 Å². The molecule has 0 radical (unpaired) electrons. The minimum absolute atomic E-state index is 0.157. The average molecular weight is 493 g/mol. The van der Waals surface area contributed by atoms with Crippen molar-refractivity contribution in [1.82, 2.24) is 30.3 Å². The van der Waals surface area contributed by atoms with E-state index in [9.17, 15) is 9.18 Å². The first-order chi connectivity index (χ1) is 17.0. The van der Waals surface area contributed by atoms with Crippen molar-refractivity contribution >= 4 is 23.2 Å².